The minimum Gasteiger partial charge on any atom is -0.343 e. The number of hydrogen-bond donors (Lipinski definition) is 1. The number of amides is 2. The predicted molar refractivity (Wildman–Crippen MR) is 143 cm³/mol. The van der Waals surface area contributed by atoms with Gasteiger partial charge in [0.25, 0.3) is 5.56 Å². The number of benzene rings is 2. The number of hydrogen-bond acceptors (Lipinski definition) is 4. The summed E-state index contributed by atoms with van der Waals surface area (Å²) in [4.78, 5) is 52.3. The summed E-state index contributed by atoms with van der Waals surface area (Å²) < 4.78 is 31.4. The van der Waals surface area contributed by atoms with Crippen LogP contribution in [0.1, 0.15) is 54.5 Å². The molecule has 0 bridgehead atoms. The van der Waals surface area contributed by atoms with Crippen molar-refractivity contribution in [2.45, 2.75) is 57.9 Å². The third-order valence-electron chi connectivity index (χ3n) is 7.10. The summed E-state index contributed by atoms with van der Waals surface area (Å²) in [6, 6.07) is 12.0. The molecule has 2 aromatic carbocycles. The van der Waals surface area contributed by atoms with Gasteiger partial charge in [0.15, 0.2) is 0 Å². The van der Waals surface area contributed by atoms with E-state index in [-0.39, 0.29) is 24.4 Å². The van der Waals surface area contributed by atoms with Crippen molar-refractivity contribution in [3.05, 3.63) is 104 Å². The average molecular weight is 539 g/mol. The molecular weight excluding hydrogens is 506 g/mol. The zero-order valence-electron chi connectivity index (χ0n) is 22.4. The van der Waals surface area contributed by atoms with Crippen molar-refractivity contribution in [1.29, 1.82) is 0 Å². The molecule has 1 aliphatic heterocycles. The molecular formula is C29H32F2N4O4. The van der Waals surface area contributed by atoms with Crippen molar-refractivity contribution < 1.29 is 18.4 Å². The molecule has 0 unspecified atom stereocenters. The fraction of sp³-hybridized carbons (Fsp3) is 0.379. The van der Waals surface area contributed by atoms with Crippen LogP contribution in [0.25, 0.3) is 0 Å². The maximum atomic E-state index is 14.9. The van der Waals surface area contributed by atoms with Crippen LogP contribution in [0.3, 0.4) is 0 Å². The number of carbonyl (C=O) groups excluding carboxylic acids is 2. The van der Waals surface area contributed by atoms with Gasteiger partial charge in [-0.05, 0) is 35.6 Å². The first-order valence-electron chi connectivity index (χ1n) is 12.8. The molecule has 8 nitrogen and oxygen atoms in total. The van der Waals surface area contributed by atoms with E-state index >= 15 is 0 Å². The van der Waals surface area contributed by atoms with Crippen molar-refractivity contribution >= 4 is 11.8 Å². The Morgan fingerprint density at radius 1 is 1.08 bits per heavy atom. The lowest BCUT2D eigenvalue weighted by Gasteiger charge is -2.27. The molecule has 39 heavy (non-hydrogen) atoms. The Morgan fingerprint density at radius 2 is 1.77 bits per heavy atom. The molecule has 10 heteroatoms. The molecule has 3 atom stereocenters. The van der Waals surface area contributed by atoms with Crippen molar-refractivity contribution in [3.63, 3.8) is 0 Å². The topological polar surface area (TPSA) is 93.4 Å². The maximum absolute atomic E-state index is 14.9. The van der Waals surface area contributed by atoms with Crippen molar-refractivity contribution in [2.75, 3.05) is 6.54 Å². The quantitative estimate of drug-likeness (QED) is 0.501. The molecule has 2 heterocycles. The van der Waals surface area contributed by atoms with Gasteiger partial charge in [0, 0.05) is 25.2 Å². The Hall–Kier alpha value is -4.08. The summed E-state index contributed by atoms with van der Waals surface area (Å²) >= 11 is 0. The smallest absolute Gasteiger partial charge is 0.331 e. The SMILES string of the molecule is Cc1cn(CC(=O)N2C[C@H](F)C[C@H]2C(=O)N[C@@H](c2ccccc2)c2ccc(C(C)C)c(F)c2)c(=O)n(C)c1=O. The van der Waals surface area contributed by atoms with Crippen LogP contribution in [-0.4, -0.2) is 44.6 Å². The highest BCUT2D eigenvalue weighted by molar-refractivity contribution is 5.89. The van der Waals surface area contributed by atoms with E-state index in [1.807, 2.05) is 19.9 Å². The molecule has 1 saturated heterocycles. The molecule has 0 saturated carbocycles. The molecule has 0 radical (unpaired) electrons. The Bertz CT molecular complexity index is 1500. The number of alkyl halides is 1. The van der Waals surface area contributed by atoms with E-state index in [1.54, 1.807) is 36.4 Å². The normalized spacial score (nSPS) is 17.9. The van der Waals surface area contributed by atoms with E-state index in [0.717, 1.165) is 14.0 Å². The molecule has 1 aliphatic rings. The van der Waals surface area contributed by atoms with Gasteiger partial charge in [0.05, 0.1) is 12.6 Å². The highest BCUT2D eigenvalue weighted by Crippen LogP contribution is 2.28. The zero-order valence-corrected chi connectivity index (χ0v) is 22.4. The number of nitrogens with zero attached hydrogens (tertiary/aromatic N) is 3. The Labute approximate surface area is 224 Å². The van der Waals surface area contributed by atoms with Crippen LogP contribution in [0.4, 0.5) is 8.78 Å². The van der Waals surface area contributed by atoms with Gasteiger partial charge in [-0.1, -0.05) is 56.3 Å². The molecule has 1 aromatic heterocycles. The number of likely N-dealkylation sites (tertiary alicyclic amines) is 1. The Morgan fingerprint density at radius 3 is 2.41 bits per heavy atom. The van der Waals surface area contributed by atoms with Gasteiger partial charge in [-0.2, -0.15) is 0 Å². The number of rotatable bonds is 7. The Balaban J connectivity index is 1.61. The average Bonchev–Trinajstić information content (AvgIpc) is 3.31. The summed E-state index contributed by atoms with van der Waals surface area (Å²) in [5, 5.41) is 2.89. The lowest BCUT2D eigenvalue weighted by Crippen LogP contribution is -2.49. The second-order valence-corrected chi connectivity index (χ2v) is 10.3. The van der Waals surface area contributed by atoms with E-state index in [1.165, 1.54) is 26.2 Å². The molecule has 1 N–H and O–H groups in total. The van der Waals surface area contributed by atoms with E-state index in [9.17, 15) is 28.0 Å². The molecule has 4 rings (SSSR count). The van der Waals surface area contributed by atoms with Gasteiger partial charge in [0.1, 0.15) is 24.6 Å². The molecule has 0 spiro atoms. The van der Waals surface area contributed by atoms with Crippen molar-refractivity contribution in [2.24, 2.45) is 7.05 Å². The number of halogens is 2. The third kappa shape index (κ3) is 5.84. The molecule has 0 aliphatic carbocycles. The van der Waals surface area contributed by atoms with Crippen LogP contribution in [0, 0.1) is 12.7 Å². The summed E-state index contributed by atoms with van der Waals surface area (Å²) in [5.74, 6) is -1.63. The summed E-state index contributed by atoms with van der Waals surface area (Å²) in [5.41, 5.74) is 0.862. The molecule has 1 fully saturated rings. The van der Waals surface area contributed by atoms with Gasteiger partial charge in [-0.3, -0.25) is 23.5 Å². The van der Waals surface area contributed by atoms with Crippen LogP contribution in [0.2, 0.25) is 0 Å². The Kier molecular flexibility index (Phi) is 8.13. The highest BCUT2D eigenvalue weighted by Gasteiger charge is 2.40. The lowest BCUT2D eigenvalue weighted by molar-refractivity contribution is -0.139. The van der Waals surface area contributed by atoms with Crippen molar-refractivity contribution in [3.8, 4) is 0 Å². The van der Waals surface area contributed by atoms with E-state index in [4.69, 9.17) is 0 Å². The minimum absolute atomic E-state index is 0.0216. The summed E-state index contributed by atoms with van der Waals surface area (Å²) in [6.07, 6.45) is -0.358. The monoisotopic (exact) mass is 538 g/mol. The lowest BCUT2D eigenvalue weighted by atomic mass is 9.94. The van der Waals surface area contributed by atoms with Crippen LogP contribution in [0.5, 0.6) is 0 Å². The van der Waals surface area contributed by atoms with Gasteiger partial charge in [0.2, 0.25) is 11.8 Å². The van der Waals surface area contributed by atoms with E-state index in [2.05, 4.69) is 5.32 Å². The third-order valence-corrected chi connectivity index (χ3v) is 7.10. The minimum atomic E-state index is -1.43. The van der Waals surface area contributed by atoms with Gasteiger partial charge >= 0.3 is 5.69 Å². The predicted octanol–water partition coefficient (Wildman–Crippen LogP) is 2.96. The second kappa shape index (κ2) is 11.3. The molecule has 3 aromatic rings. The summed E-state index contributed by atoms with van der Waals surface area (Å²) in [7, 11) is 1.31. The first kappa shape index (κ1) is 27.9. The van der Waals surface area contributed by atoms with E-state index in [0.29, 0.717) is 16.7 Å². The zero-order chi connectivity index (χ0) is 28.4. The standard InChI is InChI=1S/C29H32F2N4O4/c1-17(2)22-11-10-20(12-23(22)31)26(19-8-6-5-7-9-19)32-27(37)24-13-21(30)15-35(24)25(36)16-34-14-18(3)28(38)33(4)29(34)39/h5-12,14,17,21,24,26H,13,15-16H2,1-4H3,(H,32,37)/t21-,24+,26+/m1/s1. The number of carbonyl (C=O) groups is 2. The van der Waals surface area contributed by atoms with Crippen LogP contribution < -0.4 is 16.6 Å². The first-order valence-corrected chi connectivity index (χ1v) is 12.8. The van der Waals surface area contributed by atoms with Crippen LogP contribution >= 0.6 is 0 Å². The molecule has 206 valence electrons. The second-order valence-electron chi connectivity index (χ2n) is 10.3. The number of aromatic nitrogens is 2. The first-order chi connectivity index (χ1) is 18.5. The van der Waals surface area contributed by atoms with Gasteiger partial charge in [-0.15, -0.1) is 0 Å². The van der Waals surface area contributed by atoms with Gasteiger partial charge < -0.3 is 10.2 Å². The molecule has 2 amide bonds. The van der Waals surface area contributed by atoms with Crippen LogP contribution in [-0.2, 0) is 23.2 Å². The largest absolute Gasteiger partial charge is 0.343 e. The fourth-order valence-corrected chi connectivity index (χ4v) is 4.98. The number of aryl methyl sites for hydroxylation is 1. The highest BCUT2D eigenvalue weighted by atomic mass is 19.1. The van der Waals surface area contributed by atoms with E-state index < -0.39 is 53.7 Å². The maximum Gasteiger partial charge on any atom is 0.331 e. The van der Waals surface area contributed by atoms with Gasteiger partial charge in [-0.25, -0.2) is 13.6 Å². The fourth-order valence-electron chi connectivity index (χ4n) is 4.98. The number of nitrogens with one attached hydrogen (secondary N) is 1. The van der Waals surface area contributed by atoms with Crippen molar-refractivity contribution in [1.82, 2.24) is 19.4 Å². The summed E-state index contributed by atoms with van der Waals surface area (Å²) in [6.45, 7) is 4.54. The van der Waals surface area contributed by atoms with Crippen LogP contribution in [0.15, 0.2) is 64.3 Å².